The van der Waals surface area contributed by atoms with E-state index in [1.54, 1.807) is 30.3 Å². The van der Waals surface area contributed by atoms with Gasteiger partial charge in [-0.3, -0.25) is 14.2 Å². The summed E-state index contributed by atoms with van der Waals surface area (Å²) in [6.07, 6.45) is -7.20. The SMILES string of the molecule is O=C(Nc1ncnc2c1ncn2[C@@H]1O[C@H](CO)C(O)[C@@H]1OCOCCOCCCC(=O)C(F)(F)F)c1ccccc1. The number of alkyl halides is 3. The molecule has 0 saturated carbocycles. The predicted molar refractivity (Wildman–Crippen MR) is 134 cm³/mol. The molecule has 41 heavy (non-hydrogen) atoms. The standard InChI is InChI=1S/C25H28F3N5O8/c26-25(27,28)17(35)7-4-8-38-9-10-39-14-40-20-19(36)16(11-34)41-24(20)33-13-31-18-21(29-12-30-22(18)33)32-23(37)15-5-2-1-3-6-15/h1-3,5-6,12-13,16,19-20,24,34,36H,4,7-11,14H2,(H,29,30,32,37)/t16-,19?,20+,24-/m1/s1. The second-order valence-electron chi connectivity index (χ2n) is 8.90. The summed E-state index contributed by atoms with van der Waals surface area (Å²) in [5, 5.41) is 23.0. The molecule has 0 spiro atoms. The van der Waals surface area contributed by atoms with Crippen molar-refractivity contribution in [1.29, 1.82) is 0 Å². The maximum absolute atomic E-state index is 12.6. The zero-order valence-electron chi connectivity index (χ0n) is 21.6. The van der Waals surface area contributed by atoms with Crippen molar-refractivity contribution in [3.63, 3.8) is 0 Å². The van der Waals surface area contributed by atoms with Crippen LogP contribution in [0.25, 0.3) is 11.2 Å². The number of hydrogen-bond donors (Lipinski definition) is 3. The minimum absolute atomic E-state index is 0.0245. The van der Waals surface area contributed by atoms with Crippen molar-refractivity contribution in [2.24, 2.45) is 0 Å². The lowest BCUT2D eigenvalue weighted by atomic mass is 10.1. The molecule has 1 fully saturated rings. The fourth-order valence-corrected chi connectivity index (χ4v) is 4.05. The molecular weight excluding hydrogens is 555 g/mol. The Labute approximate surface area is 231 Å². The molecule has 1 aromatic carbocycles. The Balaban J connectivity index is 1.33. The van der Waals surface area contributed by atoms with Crippen LogP contribution in [0.2, 0.25) is 0 Å². The number of carbonyl (C=O) groups excluding carboxylic acids is 2. The highest BCUT2D eigenvalue weighted by atomic mass is 19.4. The highest BCUT2D eigenvalue weighted by molar-refractivity contribution is 6.06. The number of ketones is 1. The topological polar surface area (TPSA) is 167 Å². The van der Waals surface area contributed by atoms with E-state index in [2.05, 4.69) is 20.3 Å². The van der Waals surface area contributed by atoms with Crippen LogP contribution in [0.3, 0.4) is 0 Å². The van der Waals surface area contributed by atoms with Gasteiger partial charge in [0.15, 0.2) is 23.2 Å². The summed E-state index contributed by atoms with van der Waals surface area (Å²) in [6.45, 7) is -0.795. The molecule has 4 rings (SSSR count). The number of aliphatic hydroxyl groups excluding tert-OH is 2. The molecule has 3 N–H and O–H groups in total. The zero-order valence-corrected chi connectivity index (χ0v) is 21.6. The van der Waals surface area contributed by atoms with Crippen molar-refractivity contribution >= 4 is 28.7 Å². The number of anilines is 1. The van der Waals surface area contributed by atoms with Crippen LogP contribution in [0.15, 0.2) is 43.0 Å². The first-order valence-electron chi connectivity index (χ1n) is 12.6. The van der Waals surface area contributed by atoms with Crippen LogP contribution in [0.4, 0.5) is 19.0 Å². The largest absolute Gasteiger partial charge is 0.449 e. The Morgan fingerprint density at radius 1 is 1.07 bits per heavy atom. The van der Waals surface area contributed by atoms with Gasteiger partial charge in [0.2, 0.25) is 5.78 Å². The van der Waals surface area contributed by atoms with Crippen LogP contribution in [-0.4, -0.2) is 99.1 Å². The van der Waals surface area contributed by atoms with Crippen molar-refractivity contribution in [3.05, 3.63) is 48.5 Å². The van der Waals surface area contributed by atoms with E-state index in [4.69, 9.17) is 18.9 Å². The third-order valence-corrected chi connectivity index (χ3v) is 6.12. The van der Waals surface area contributed by atoms with Gasteiger partial charge < -0.3 is 34.5 Å². The summed E-state index contributed by atoms with van der Waals surface area (Å²) in [6, 6.07) is 8.52. The average molecular weight is 584 g/mol. The molecule has 3 heterocycles. The second-order valence-corrected chi connectivity index (χ2v) is 8.90. The zero-order chi connectivity index (χ0) is 29.4. The first-order valence-corrected chi connectivity index (χ1v) is 12.6. The highest BCUT2D eigenvalue weighted by Crippen LogP contribution is 2.34. The van der Waals surface area contributed by atoms with Crippen LogP contribution >= 0.6 is 0 Å². The monoisotopic (exact) mass is 583 g/mol. The Bertz CT molecular complexity index is 1310. The molecule has 1 aliphatic rings. The van der Waals surface area contributed by atoms with E-state index >= 15 is 0 Å². The van der Waals surface area contributed by atoms with Gasteiger partial charge in [-0.2, -0.15) is 13.2 Å². The van der Waals surface area contributed by atoms with Gasteiger partial charge in [-0.15, -0.1) is 0 Å². The molecule has 0 radical (unpaired) electrons. The number of rotatable bonds is 14. The summed E-state index contributed by atoms with van der Waals surface area (Å²) < 4.78 is 60.0. The number of fused-ring (bicyclic) bond motifs is 1. The number of nitrogens with one attached hydrogen (secondary N) is 1. The molecule has 0 aliphatic carbocycles. The average Bonchev–Trinajstić information content (AvgIpc) is 3.53. The van der Waals surface area contributed by atoms with Crippen molar-refractivity contribution in [2.45, 2.75) is 43.6 Å². The molecule has 2 aromatic heterocycles. The third-order valence-electron chi connectivity index (χ3n) is 6.12. The first-order chi connectivity index (χ1) is 19.7. The maximum Gasteiger partial charge on any atom is 0.449 e. The van der Waals surface area contributed by atoms with E-state index in [0.29, 0.717) is 5.56 Å². The number of Topliss-reactive ketones (excluding diaryl/α,β-unsaturated/α-hetero) is 1. The van der Waals surface area contributed by atoms with Gasteiger partial charge in [-0.1, -0.05) is 18.2 Å². The Morgan fingerprint density at radius 2 is 1.83 bits per heavy atom. The fraction of sp³-hybridized carbons (Fsp3) is 0.480. The molecule has 1 saturated heterocycles. The van der Waals surface area contributed by atoms with Gasteiger partial charge in [-0.05, 0) is 18.6 Å². The number of imidazole rings is 1. The second kappa shape index (κ2) is 13.9. The van der Waals surface area contributed by atoms with Gasteiger partial charge in [0.1, 0.15) is 31.4 Å². The van der Waals surface area contributed by atoms with Crippen molar-refractivity contribution in [2.75, 3.05) is 38.5 Å². The third kappa shape index (κ3) is 7.60. The molecule has 16 heteroatoms. The highest BCUT2D eigenvalue weighted by Gasteiger charge is 2.46. The number of nitrogens with zero attached hydrogens (tertiary/aromatic N) is 4. The van der Waals surface area contributed by atoms with E-state index in [0.717, 1.165) is 0 Å². The van der Waals surface area contributed by atoms with Crippen LogP contribution in [0.5, 0.6) is 0 Å². The first kappa shape index (κ1) is 30.4. The number of amides is 1. The molecule has 1 aliphatic heterocycles. The van der Waals surface area contributed by atoms with Gasteiger partial charge in [0.25, 0.3) is 5.91 Å². The lowest BCUT2D eigenvalue weighted by Crippen LogP contribution is -2.36. The summed E-state index contributed by atoms with van der Waals surface area (Å²) in [7, 11) is 0. The fourth-order valence-electron chi connectivity index (χ4n) is 4.05. The van der Waals surface area contributed by atoms with E-state index < -0.39 is 55.4 Å². The van der Waals surface area contributed by atoms with Gasteiger partial charge in [0, 0.05) is 18.6 Å². The minimum atomic E-state index is -4.85. The summed E-state index contributed by atoms with van der Waals surface area (Å²) >= 11 is 0. The molecule has 1 unspecified atom stereocenters. The Morgan fingerprint density at radius 3 is 2.56 bits per heavy atom. The number of ether oxygens (including phenoxy) is 4. The van der Waals surface area contributed by atoms with Crippen molar-refractivity contribution in [3.8, 4) is 0 Å². The smallest absolute Gasteiger partial charge is 0.394 e. The van der Waals surface area contributed by atoms with Crippen LogP contribution in [-0.2, 0) is 23.7 Å². The van der Waals surface area contributed by atoms with Crippen LogP contribution < -0.4 is 5.32 Å². The Kier molecular flexibility index (Phi) is 10.3. The number of hydrogen-bond acceptors (Lipinski definition) is 11. The molecule has 13 nitrogen and oxygen atoms in total. The minimum Gasteiger partial charge on any atom is -0.394 e. The number of aromatic nitrogens is 4. The molecule has 4 atom stereocenters. The van der Waals surface area contributed by atoms with Gasteiger partial charge in [0.05, 0.1) is 26.1 Å². The van der Waals surface area contributed by atoms with Crippen LogP contribution in [0.1, 0.15) is 29.4 Å². The Hall–Kier alpha value is -3.54. The molecule has 222 valence electrons. The molecule has 3 aromatic rings. The predicted octanol–water partition coefficient (Wildman–Crippen LogP) is 1.62. The summed E-state index contributed by atoms with van der Waals surface area (Å²) in [4.78, 5) is 36.1. The van der Waals surface area contributed by atoms with E-state index in [-0.39, 0.29) is 50.0 Å². The van der Waals surface area contributed by atoms with E-state index in [1.807, 2.05) is 0 Å². The van der Waals surface area contributed by atoms with Gasteiger partial charge in [-0.25, -0.2) is 15.0 Å². The van der Waals surface area contributed by atoms with Crippen molar-refractivity contribution in [1.82, 2.24) is 19.5 Å². The van der Waals surface area contributed by atoms with Crippen molar-refractivity contribution < 1.29 is 51.9 Å². The normalized spacial score (nSPS) is 20.9. The van der Waals surface area contributed by atoms with Crippen LogP contribution in [0, 0.1) is 0 Å². The van der Waals surface area contributed by atoms with Gasteiger partial charge >= 0.3 is 6.18 Å². The molecule has 0 bridgehead atoms. The lowest BCUT2D eigenvalue weighted by molar-refractivity contribution is -0.171. The number of halogens is 3. The maximum atomic E-state index is 12.6. The summed E-state index contributed by atoms with van der Waals surface area (Å²) in [5.41, 5.74) is 0.944. The lowest BCUT2D eigenvalue weighted by Gasteiger charge is -2.22. The van der Waals surface area contributed by atoms with E-state index in [1.165, 1.54) is 17.2 Å². The molecule has 1 amide bonds. The number of carbonyl (C=O) groups is 2. The van der Waals surface area contributed by atoms with E-state index in [9.17, 15) is 33.0 Å². The summed E-state index contributed by atoms with van der Waals surface area (Å²) in [5.74, 6) is -2.04. The molecular formula is C25H28F3N5O8. The number of benzene rings is 1. The quantitative estimate of drug-likeness (QED) is 0.186. The number of aliphatic hydroxyl groups is 2.